The number of imidazole rings is 1. The van der Waals surface area contributed by atoms with Gasteiger partial charge in [-0.05, 0) is 85.2 Å². The minimum atomic E-state index is -0.160. The van der Waals surface area contributed by atoms with E-state index in [1.807, 2.05) is 12.3 Å². The van der Waals surface area contributed by atoms with Crippen LogP contribution in [0.3, 0.4) is 0 Å². The second kappa shape index (κ2) is 15.0. The third-order valence-electron chi connectivity index (χ3n) is 10.9. The summed E-state index contributed by atoms with van der Waals surface area (Å²) in [5.41, 5.74) is 9.75. The fraction of sp³-hybridized carbons (Fsp3) is 0.385. The zero-order valence-electron chi connectivity index (χ0n) is 37.2. The molecule has 306 valence electrons. The third-order valence-corrected chi connectivity index (χ3v) is 10.9. The van der Waals surface area contributed by atoms with Crippen LogP contribution in [0, 0.1) is 18.5 Å². The second-order valence-corrected chi connectivity index (χ2v) is 20.9. The molecule has 0 aliphatic heterocycles. The molecule has 0 aliphatic rings. The quantitative estimate of drug-likeness (QED) is 0.127. The molecule has 0 fully saturated rings. The van der Waals surface area contributed by atoms with E-state index in [9.17, 15) is 0 Å². The Kier molecular flexibility index (Phi) is 11.1. The molecule has 0 saturated heterocycles. The summed E-state index contributed by atoms with van der Waals surface area (Å²) in [6.07, 6.45) is 7.87. The van der Waals surface area contributed by atoms with Gasteiger partial charge >= 0.3 is 0 Å². The Morgan fingerprint density at radius 2 is 1.17 bits per heavy atom. The molecule has 6 heteroatoms. The standard InChI is InChI=1S/C52H60N4O.Pt/c1-48(2,3)34-22-23-53-47(29-34)56-44-19-17-16-18-42(44)43-21-20-40(31-45(43)56)57-41-28-37(51(10,11)12)25-38(30-41)54-32-46(52(13,14)15)55(33-54)39-26-35(49(4,5)6)24-36(27-39)50(7,8)9;/h16-29,32H,1-15H3;/q-2;. The van der Waals surface area contributed by atoms with E-state index in [0.29, 0.717) is 11.5 Å². The molecule has 3 heterocycles. The fourth-order valence-electron chi connectivity index (χ4n) is 7.27. The molecule has 0 aliphatic carbocycles. The number of ether oxygens (including phenoxy) is 1. The Bertz CT molecular complexity index is 2590. The first-order valence-corrected chi connectivity index (χ1v) is 20.3. The second-order valence-electron chi connectivity index (χ2n) is 20.9. The molecule has 0 saturated carbocycles. The van der Waals surface area contributed by atoms with Gasteiger partial charge in [0.05, 0.1) is 11.4 Å². The maximum atomic E-state index is 6.77. The summed E-state index contributed by atoms with van der Waals surface area (Å²) in [6, 6.07) is 35.6. The minimum absolute atomic E-state index is 0. The van der Waals surface area contributed by atoms with Gasteiger partial charge in [-0.1, -0.05) is 134 Å². The molecule has 5 nitrogen and oxygen atoms in total. The summed E-state index contributed by atoms with van der Waals surface area (Å²) < 4.78 is 13.3. The van der Waals surface area contributed by atoms with Gasteiger partial charge < -0.3 is 13.9 Å². The maximum absolute atomic E-state index is 6.77. The Hall–Kier alpha value is -4.47. The summed E-state index contributed by atoms with van der Waals surface area (Å²) >= 11 is 0. The summed E-state index contributed by atoms with van der Waals surface area (Å²) in [6.45, 7) is 33.9. The normalized spacial score (nSPS) is 12.9. The Labute approximate surface area is 361 Å². The number of pyridine rings is 1. The number of rotatable bonds is 5. The van der Waals surface area contributed by atoms with Crippen molar-refractivity contribution in [3.05, 3.63) is 138 Å². The van der Waals surface area contributed by atoms with Crippen LogP contribution in [0.4, 0.5) is 0 Å². The average Bonchev–Trinajstić information content (AvgIpc) is 3.71. The van der Waals surface area contributed by atoms with E-state index in [0.717, 1.165) is 50.3 Å². The van der Waals surface area contributed by atoms with Crippen molar-refractivity contribution in [2.24, 2.45) is 0 Å². The van der Waals surface area contributed by atoms with E-state index in [-0.39, 0.29) is 48.1 Å². The minimum Gasteiger partial charge on any atom is -0.510 e. The fourth-order valence-corrected chi connectivity index (χ4v) is 7.27. The van der Waals surface area contributed by atoms with Crippen LogP contribution < -0.4 is 9.30 Å². The first-order valence-electron chi connectivity index (χ1n) is 20.3. The van der Waals surface area contributed by atoms with Gasteiger partial charge in [0.25, 0.3) is 6.33 Å². The zero-order chi connectivity index (χ0) is 41.5. The average molecular weight is 952 g/mol. The van der Waals surface area contributed by atoms with Gasteiger partial charge in [0, 0.05) is 50.5 Å². The first-order chi connectivity index (χ1) is 26.4. The van der Waals surface area contributed by atoms with Crippen LogP contribution in [0.15, 0.2) is 91.3 Å². The van der Waals surface area contributed by atoms with Crippen LogP contribution in [0.1, 0.15) is 132 Å². The predicted molar refractivity (Wildman–Crippen MR) is 236 cm³/mol. The predicted octanol–water partition coefficient (Wildman–Crippen LogP) is 12.9. The first kappa shape index (κ1) is 43.1. The van der Waals surface area contributed by atoms with Gasteiger partial charge in [0.1, 0.15) is 5.82 Å². The van der Waals surface area contributed by atoms with Gasteiger partial charge in [-0.2, -0.15) is 17.7 Å². The van der Waals surface area contributed by atoms with Crippen LogP contribution >= 0.6 is 0 Å². The Balaban J connectivity index is 0.00000567. The number of nitrogens with zero attached hydrogens (tertiary/aromatic N) is 4. The van der Waals surface area contributed by atoms with Crippen molar-refractivity contribution in [2.45, 2.75) is 131 Å². The molecule has 58 heavy (non-hydrogen) atoms. The van der Waals surface area contributed by atoms with E-state index in [1.165, 1.54) is 16.7 Å². The van der Waals surface area contributed by atoms with Crippen LogP contribution in [0.25, 0.3) is 39.0 Å². The monoisotopic (exact) mass is 951 g/mol. The van der Waals surface area contributed by atoms with Crippen LogP contribution in [-0.4, -0.2) is 14.1 Å². The largest absolute Gasteiger partial charge is 0.510 e. The molecule has 7 aromatic rings. The summed E-state index contributed by atoms with van der Waals surface area (Å²) in [5.74, 6) is 2.10. The van der Waals surface area contributed by atoms with Crippen LogP contribution in [0.2, 0.25) is 0 Å². The van der Waals surface area contributed by atoms with E-state index in [1.54, 1.807) is 0 Å². The van der Waals surface area contributed by atoms with Gasteiger partial charge in [-0.25, -0.2) is 4.98 Å². The van der Waals surface area contributed by atoms with Gasteiger partial charge in [0.15, 0.2) is 0 Å². The van der Waals surface area contributed by atoms with E-state index in [4.69, 9.17) is 9.72 Å². The summed E-state index contributed by atoms with van der Waals surface area (Å²) in [5, 5.41) is 2.25. The molecular formula is C52H60N4OPt-2. The number of benzene rings is 4. The summed E-state index contributed by atoms with van der Waals surface area (Å²) in [4.78, 5) is 4.86. The molecule has 0 spiro atoms. The molecular weight excluding hydrogens is 892 g/mol. The molecule has 0 radical (unpaired) electrons. The van der Waals surface area contributed by atoms with E-state index >= 15 is 0 Å². The Morgan fingerprint density at radius 1 is 0.569 bits per heavy atom. The zero-order valence-corrected chi connectivity index (χ0v) is 39.4. The molecule has 4 aromatic carbocycles. The van der Waals surface area contributed by atoms with Crippen molar-refractivity contribution in [3.8, 4) is 28.7 Å². The molecule has 0 unspecified atom stereocenters. The van der Waals surface area contributed by atoms with E-state index in [2.05, 4.69) is 215 Å². The third kappa shape index (κ3) is 8.62. The van der Waals surface area contributed by atoms with Crippen molar-refractivity contribution in [2.75, 3.05) is 0 Å². The molecule has 0 bridgehead atoms. The van der Waals surface area contributed by atoms with Crippen molar-refractivity contribution in [1.29, 1.82) is 0 Å². The molecule has 7 rings (SSSR count). The van der Waals surface area contributed by atoms with Gasteiger partial charge in [0.2, 0.25) is 0 Å². The van der Waals surface area contributed by atoms with Crippen LogP contribution in [0.5, 0.6) is 11.5 Å². The maximum Gasteiger partial charge on any atom is 0.267 e. The number of aromatic nitrogens is 4. The molecule has 0 atom stereocenters. The van der Waals surface area contributed by atoms with Crippen molar-refractivity contribution < 1.29 is 30.4 Å². The SMILES string of the molecule is CC(C)(C)c1cc(Oc2[c-]c3c(cc2)c2ccccc2n3-c2cc(C(C)(C)C)ccn2)[c-]c(-n2[c-][n+](-c3cc(C(C)(C)C)cc(C(C)(C)C)c3)c(C(C)(C)C)c2)c1.[Pt]. The van der Waals surface area contributed by atoms with Crippen molar-refractivity contribution >= 4 is 21.8 Å². The number of hydrogen-bond acceptors (Lipinski definition) is 2. The van der Waals surface area contributed by atoms with Gasteiger partial charge in [-0.3, -0.25) is 4.57 Å². The summed E-state index contributed by atoms with van der Waals surface area (Å²) in [7, 11) is 0. The van der Waals surface area contributed by atoms with E-state index < -0.39 is 0 Å². The van der Waals surface area contributed by atoms with Crippen LogP contribution in [-0.2, 0) is 48.1 Å². The number of fused-ring (bicyclic) bond motifs is 3. The molecule has 0 N–H and O–H groups in total. The van der Waals surface area contributed by atoms with Crippen molar-refractivity contribution in [1.82, 2.24) is 14.1 Å². The number of hydrogen-bond donors (Lipinski definition) is 0. The van der Waals surface area contributed by atoms with Crippen molar-refractivity contribution in [3.63, 3.8) is 0 Å². The van der Waals surface area contributed by atoms with Gasteiger partial charge in [-0.15, -0.1) is 29.7 Å². The molecule has 0 amide bonds. The topological polar surface area (TPSA) is 35.9 Å². The molecule has 3 aromatic heterocycles. The smallest absolute Gasteiger partial charge is 0.267 e. The Morgan fingerprint density at radius 3 is 1.78 bits per heavy atom. The number of para-hydroxylation sites is 1.